The fraction of sp³-hybridized carbons (Fsp3) is 0.379. The topological polar surface area (TPSA) is 101 Å². The third kappa shape index (κ3) is 5.94. The zero-order valence-corrected chi connectivity index (χ0v) is 23.1. The number of hydrogen-bond acceptors (Lipinski definition) is 6. The SMILES string of the molecule is NC(=O)C1(Nc2ccccc2)CCN(CCOC2(c3ccc(Cl)c(Cl)c3)CCN(C(=O)c3ccco3)C2)CC1. The average molecular weight is 572 g/mol. The molecule has 2 fully saturated rings. The smallest absolute Gasteiger partial charge is 0.289 e. The number of piperidine rings is 1. The number of carbonyl (C=O) groups is 2. The molecule has 2 saturated heterocycles. The van der Waals surface area contributed by atoms with E-state index in [1.165, 1.54) is 6.26 Å². The summed E-state index contributed by atoms with van der Waals surface area (Å²) >= 11 is 12.6. The number of para-hydroxylation sites is 1. The summed E-state index contributed by atoms with van der Waals surface area (Å²) in [6.45, 7) is 3.42. The number of primary amides is 1. The van der Waals surface area contributed by atoms with Crippen molar-refractivity contribution in [2.45, 2.75) is 30.4 Å². The Morgan fingerprint density at radius 2 is 1.74 bits per heavy atom. The number of halogens is 2. The van der Waals surface area contributed by atoms with Crippen molar-refractivity contribution in [3.63, 3.8) is 0 Å². The molecular weight excluding hydrogens is 539 g/mol. The van der Waals surface area contributed by atoms with Crippen LogP contribution in [0.2, 0.25) is 10.0 Å². The van der Waals surface area contributed by atoms with Crippen LogP contribution in [-0.2, 0) is 15.1 Å². The first-order chi connectivity index (χ1) is 18.8. The molecule has 1 aromatic heterocycles. The van der Waals surface area contributed by atoms with Crippen LogP contribution in [0.1, 0.15) is 35.4 Å². The van der Waals surface area contributed by atoms with Crippen LogP contribution in [0.4, 0.5) is 5.69 Å². The average Bonchev–Trinajstić information content (AvgIpc) is 3.63. The Bertz CT molecular complexity index is 1300. The van der Waals surface area contributed by atoms with Gasteiger partial charge in [0.05, 0.1) is 29.5 Å². The van der Waals surface area contributed by atoms with Gasteiger partial charge in [-0.25, -0.2) is 0 Å². The molecule has 0 spiro atoms. The van der Waals surface area contributed by atoms with E-state index in [-0.39, 0.29) is 11.8 Å². The molecule has 0 saturated carbocycles. The van der Waals surface area contributed by atoms with Crippen LogP contribution in [0, 0.1) is 0 Å². The molecular formula is C29H32Cl2N4O4. The first-order valence-corrected chi connectivity index (χ1v) is 13.8. The van der Waals surface area contributed by atoms with E-state index in [1.807, 2.05) is 42.5 Å². The first-order valence-electron chi connectivity index (χ1n) is 13.1. The van der Waals surface area contributed by atoms with Gasteiger partial charge >= 0.3 is 0 Å². The molecule has 3 heterocycles. The van der Waals surface area contributed by atoms with Crippen LogP contribution < -0.4 is 11.1 Å². The largest absolute Gasteiger partial charge is 0.459 e. The second kappa shape index (κ2) is 11.6. The molecule has 3 aromatic rings. The number of likely N-dealkylation sites (tertiary alicyclic amines) is 2. The molecule has 5 rings (SSSR count). The number of nitrogens with one attached hydrogen (secondary N) is 1. The van der Waals surface area contributed by atoms with E-state index in [1.54, 1.807) is 23.1 Å². The minimum atomic E-state index is -0.780. The van der Waals surface area contributed by atoms with Gasteiger partial charge in [-0.05, 0) is 61.2 Å². The number of nitrogens with zero attached hydrogens (tertiary/aromatic N) is 2. The number of amides is 2. The Morgan fingerprint density at radius 3 is 2.41 bits per heavy atom. The molecule has 10 heteroatoms. The van der Waals surface area contributed by atoms with Crippen molar-refractivity contribution in [1.29, 1.82) is 0 Å². The first kappa shape index (κ1) is 27.5. The third-order valence-corrected chi connectivity index (χ3v) is 8.56. The van der Waals surface area contributed by atoms with E-state index in [2.05, 4.69) is 10.2 Å². The van der Waals surface area contributed by atoms with Gasteiger partial charge in [-0.1, -0.05) is 47.5 Å². The van der Waals surface area contributed by atoms with Crippen LogP contribution in [0.3, 0.4) is 0 Å². The summed E-state index contributed by atoms with van der Waals surface area (Å²) in [5.41, 5.74) is 6.11. The van der Waals surface area contributed by atoms with E-state index in [4.69, 9.17) is 38.1 Å². The third-order valence-electron chi connectivity index (χ3n) is 7.82. The highest BCUT2D eigenvalue weighted by Crippen LogP contribution is 2.39. The molecule has 3 N–H and O–H groups in total. The van der Waals surface area contributed by atoms with Crippen molar-refractivity contribution in [3.05, 3.63) is 88.3 Å². The Morgan fingerprint density at radius 1 is 0.974 bits per heavy atom. The summed E-state index contributed by atoms with van der Waals surface area (Å²) in [7, 11) is 0. The molecule has 1 unspecified atom stereocenters. The van der Waals surface area contributed by atoms with E-state index < -0.39 is 11.1 Å². The number of anilines is 1. The van der Waals surface area contributed by atoms with Crippen molar-refractivity contribution >= 4 is 40.7 Å². The Labute approximate surface area is 238 Å². The maximum absolute atomic E-state index is 13.0. The minimum Gasteiger partial charge on any atom is -0.459 e. The highest BCUT2D eigenvalue weighted by Gasteiger charge is 2.44. The second-order valence-corrected chi connectivity index (χ2v) is 11.0. The Balaban J connectivity index is 1.24. The predicted octanol–water partition coefficient (Wildman–Crippen LogP) is 4.78. The van der Waals surface area contributed by atoms with Gasteiger partial charge in [-0.15, -0.1) is 0 Å². The van der Waals surface area contributed by atoms with Gasteiger partial charge in [0.15, 0.2) is 5.76 Å². The number of nitrogens with two attached hydrogens (primary N) is 1. The van der Waals surface area contributed by atoms with Crippen molar-refractivity contribution in [2.24, 2.45) is 5.73 Å². The molecule has 1 atom stereocenters. The predicted molar refractivity (Wildman–Crippen MR) is 151 cm³/mol. The number of carbonyl (C=O) groups excluding carboxylic acids is 2. The molecule has 2 aliphatic heterocycles. The van der Waals surface area contributed by atoms with Crippen LogP contribution in [0.5, 0.6) is 0 Å². The van der Waals surface area contributed by atoms with Crippen molar-refractivity contribution in [1.82, 2.24) is 9.80 Å². The summed E-state index contributed by atoms with van der Waals surface area (Å²) in [5.74, 6) is -0.210. The molecule has 8 nitrogen and oxygen atoms in total. The van der Waals surface area contributed by atoms with Gasteiger partial charge in [0.1, 0.15) is 11.1 Å². The van der Waals surface area contributed by atoms with Gasteiger partial charge in [0.25, 0.3) is 5.91 Å². The van der Waals surface area contributed by atoms with Crippen molar-refractivity contribution in [3.8, 4) is 0 Å². The number of benzene rings is 2. The lowest BCUT2D eigenvalue weighted by molar-refractivity contribution is -0.124. The lowest BCUT2D eigenvalue weighted by Crippen LogP contribution is -2.57. The second-order valence-electron chi connectivity index (χ2n) is 10.2. The van der Waals surface area contributed by atoms with Crippen LogP contribution in [-0.4, -0.2) is 66.5 Å². The van der Waals surface area contributed by atoms with Gasteiger partial charge < -0.3 is 30.0 Å². The Hall–Kier alpha value is -3.04. The molecule has 0 radical (unpaired) electrons. The molecule has 0 bridgehead atoms. The molecule has 206 valence electrons. The van der Waals surface area contributed by atoms with Gasteiger partial charge in [-0.3, -0.25) is 9.59 Å². The van der Waals surface area contributed by atoms with Gasteiger partial charge in [0.2, 0.25) is 5.91 Å². The molecule has 2 aromatic carbocycles. The fourth-order valence-corrected chi connectivity index (χ4v) is 5.79. The fourth-order valence-electron chi connectivity index (χ4n) is 5.49. The maximum Gasteiger partial charge on any atom is 0.289 e. The lowest BCUT2D eigenvalue weighted by Gasteiger charge is -2.41. The van der Waals surface area contributed by atoms with Gasteiger partial charge in [0, 0.05) is 31.9 Å². The number of ether oxygens (including phenoxy) is 1. The molecule has 39 heavy (non-hydrogen) atoms. The molecule has 0 aliphatic carbocycles. The quantitative estimate of drug-likeness (QED) is 0.384. The summed E-state index contributed by atoms with van der Waals surface area (Å²) in [6.07, 6.45) is 3.30. The zero-order chi connectivity index (χ0) is 27.5. The van der Waals surface area contributed by atoms with E-state index >= 15 is 0 Å². The molecule has 2 aliphatic rings. The number of furan rings is 1. The summed E-state index contributed by atoms with van der Waals surface area (Å²) in [5, 5.41) is 4.29. The van der Waals surface area contributed by atoms with E-state index in [9.17, 15) is 9.59 Å². The van der Waals surface area contributed by atoms with Crippen molar-refractivity contribution < 1.29 is 18.7 Å². The summed E-state index contributed by atoms with van der Waals surface area (Å²) in [6, 6.07) is 18.5. The van der Waals surface area contributed by atoms with Crippen LogP contribution >= 0.6 is 23.2 Å². The van der Waals surface area contributed by atoms with Crippen LogP contribution in [0.25, 0.3) is 0 Å². The number of rotatable bonds is 9. The highest BCUT2D eigenvalue weighted by molar-refractivity contribution is 6.42. The van der Waals surface area contributed by atoms with E-state index in [0.29, 0.717) is 74.4 Å². The summed E-state index contributed by atoms with van der Waals surface area (Å²) < 4.78 is 11.9. The maximum atomic E-state index is 13.0. The van der Waals surface area contributed by atoms with Crippen molar-refractivity contribution in [2.75, 3.05) is 44.6 Å². The minimum absolute atomic E-state index is 0.171. The molecule has 2 amide bonds. The highest BCUT2D eigenvalue weighted by atomic mass is 35.5. The lowest BCUT2D eigenvalue weighted by atomic mass is 9.86. The monoisotopic (exact) mass is 570 g/mol. The number of hydrogen-bond donors (Lipinski definition) is 2. The van der Waals surface area contributed by atoms with Gasteiger partial charge in [-0.2, -0.15) is 0 Å². The normalized spacial score (nSPS) is 21.1. The van der Waals surface area contributed by atoms with E-state index in [0.717, 1.165) is 11.3 Å². The Kier molecular flexibility index (Phi) is 8.19. The standard InChI is InChI=1S/C29H32Cl2N4O4/c30-23-9-8-21(19-24(23)31)29(12-15-35(20-29)26(36)25-7-4-17-38-25)39-18-16-34-13-10-28(11-14-34,27(32)37)33-22-5-2-1-3-6-22/h1-9,17,19,33H,10-16,18,20H2,(H2,32,37). The van der Waals surface area contributed by atoms with Crippen LogP contribution in [0.15, 0.2) is 71.3 Å². The summed E-state index contributed by atoms with van der Waals surface area (Å²) in [4.78, 5) is 29.5. The zero-order valence-electron chi connectivity index (χ0n) is 21.6.